The lowest BCUT2D eigenvalue weighted by molar-refractivity contribution is -0.121. The Bertz CT molecular complexity index is 1160. The van der Waals surface area contributed by atoms with Crippen molar-refractivity contribution in [2.45, 2.75) is 26.2 Å². The summed E-state index contributed by atoms with van der Waals surface area (Å²) in [6.07, 6.45) is 0.537. The van der Waals surface area contributed by atoms with Crippen LogP contribution in [0.25, 0.3) is 11.0 Å². The van der Waals surface area contributed by atoms with Crippen molar-refractivity contribution in [3.05, 3.63) is 68.5 Å². The minimum absolute atomic E-state index is 0.127. The van der Waals surface area contributed by atoms with Gasteiger partial charge in [0.15, 0.2) is 0 Å². The Balaban J connectivity index is 1.51. The molecule has 8 heteroatoms. The van der Waals surface area contributed by atoms with Gasteiger partial charge in [-0.2, -0.15) is 0 Å². The number of halogens is 1. The van der Waals surface area contributed by atoms with Crippen molar-refractivity contribution in [2.75, 3.05) is 19.0 Å². The van der Waals surface area contributed by atoms with Crippen LogP contribution in [0, 0.1) is 6.92 Å². The van der Waals surface area contributed by atoms with Crippen LogP contribution >= 0.6 is 15.9 Å². The molecule has 162 valence electrons. The van der Waals surface area contributed by atoms with E-state index >= 15 is 0 Å². The van der Waals surface area contributed by atoms with E-state index in [2.05, 4.69) is 26.6 Å². The fourth-order valence-electron chi connectivity index (χ4n) is 3.19. The second-order valence-electron chi connectivity index (χ2n) is 7.01. The van der Waals surface area contributed by atoms with Crippen LogP contribution in [0.3, 0.4) is 0 Å². The lowest BCUT2D eigenvalue weighted by Crippen LogP contribution is -2.28. The zero-order chi connectivity index (χ0) is 22.4. The minimum Gasteiger partial charge on any atom is -0.497 e. The van der Waals surface area contributed by atoms with Gasteiger partial charge in [0.05, 0.1) is 7.11 Å². The van der Waals surface area contributed by atoms with E-state index in [4.69, 9.17) is 9.15 Å². The van der Waals surface area contributed by atoms with Gasteiger partial charge in [-0.25, -0.2) is 4.79 Å². The average molecular weight is 487 g/mol. The minimum atomic E-state index is -0.458. The maximum Gasteiger partial charge on any atom is 0.339 e. The fourth-order valence-corrected chi connectivity index (χ4v) is 3.45. The highest BCUT2D eigenvalue weighted by Gasteiger charge is 2.14. The van der Waals surface area contributed by atoms with E-state index in [9.17, 15) is 14.4 Å². The average Bonchev–Trinajstić information content (AvgIpc) is 2.74. The molecule has 2 amide bonds. The number of rotatable bonds is 8. The van der Waals surface area contributed by atoms with Gasteiger partial charge in [0, 0.05) is 46.6 Å². The van der Waals surface area contributed by atoms with Crippen molar-refractivity contribution in [2.24, 2.45) is 0 Å². The summed E-state index contributed by atoms with van der Waals surface area (Å²) in [5.41, 5.74) is 1.94. The quantitative estimate of drug-likeness (QED) is 0.469. The highest BCUT2D eigenvalue weighted by Crippen LogP contribution is 2.24. The monoisotopic (exact) mass is 486 g/mol. The van der Waals surface area contributed by atoms with Gasteiger partial charge in [0.25, 0.3) is 0 Å². The molecule has 31 heavy (non-hydrogen) atoms. The predicted molar refractivity (Wildman–Crippen MR) is 122 cm³/mol. The molecule has 0 bridgehead atoms. The Morgan fingerprint density at radius 3 is 2.52 bits per heavy atom. The second-order valence-corrected chi connectivity index (χ2v) is 7.93. The number of hydrogen-bond donors (Lipinski definition) is 2. The lowest BCUT2D eigenvalue weighted by atomic mass is 10.0. The van der Waals surface area contributed by atoms with Gasteiger partial charge in [-0.15, -0.1) is 0 Å². The summed E-state index contributed by atoms with van der Waals surface area (Å²) >= 11 is 3.34. The van der Waals surface area contributed by atoms with Crippen molar-refractivity contribution in [1.29, 1.82) is 0 Å². The molecule has 0 spiro atoms. The van der Waals surface area contributed by atoms with Crippen LogP contribution in [-0.2, 0) is 16.0 Å². The Morgan fingerprint density at radius 1 is 1.06 bits per heavy atom. The van der Waals surface area contributed by atoms with Crippen LogP contribution < -0.4 is 21.0 Å². The van der Waals surface area contributed by atoms with E-state index in [1.54, 1.807) is 31.4 Å². The number of methoxy groups -OCH3 is 1. The van der Waals surface area contributed by atoms with Crippen LogP contribution in [0.15, 0.2) is 56.1 Å². The number of carbonyl (C=O) groups is 2. The van der Waals surface area contributed by atoms with E-state index in [0.717, 1.165) is 15.4 Å². The van der Waals surface area contributed by atoms with Crippen LogP contribution in [0.4, 0.5) is 5.69 Å². The molecule has 0 saturated heterocycles. The number of anilines is 1. The maximum absolute atomic E-state index is 12.4. The molecule has 1 heterocycles. The molecule has 7 nitrogen and oxygen atoms in total. The summed E-state index contributed by atoms with van der Waals surface area (Å²) in [6.45, 7) is 2.05. The number of carbonyl (C=O) groups excluding carboxylic acids is 2. The highest BCUT2D eigenvalue weighted by atomic mass is 79.9. The summed E-state index contributed by atoms with van der Waals surface area (Å²) in [4.78, 5) is 36.5. The van der Waals surface area contributed by atoms with Crippen LogP contribution in [-0.4, -0.2) is 25.5 Å². The molecule has 0 aliphatic carbocycles. The third-order valence-electron chi connectivity index (χ3n) is 4.90. The van der Waals surface area contributed by atoms with Crippen molar-refractivity contribution in [3.63, 3.8) is 0 Å². The van der Waals surface area contributed by atoms with Gasteiger partial charge in [0.2, 0.25) is 11.8 Å². The molecule has 2 aromatic carbocycles. The van der Waals surface area contributed by atoms with Crippen molar-refractivity contribution < 1.29 is 18.7 Å². The summed E-state index contributed by atoms with van der Waals surface area (Å²) in [5, 5.41) is 6.29. The Labute approximate surface area is 187 Å². The van der Waals surface area contributed by atoms with Crippen LogP contribution in [0.2, 0.25) is 0 Å². The van der Waals surface area contributed by atoms with Crippen molar-refractivity contribution >= 4 is 44.4 Å². The number of fused-ring (bicyclic) bond motifs is 1. The fraction of sp³-hybridized carbons (Fsp3) is 0.261. The summed E-state index contributed by atoms with van der Waals surface area (Å²) in [6, 6.07) is 12.5. The van der Waals surface area contributed by atoms with Crippen molar-refractivity contribution in [3.8, 4) is 5.75 Å². The zero-order valence-electron chi connectivity index (χ0n) is 17.3. The van der Waals surface area contributed by atoms with E-state index < -0.39 is 5.63 Å². The van der Waals surface area contributed by atoms with E-state index in [1.165, 1.54) is 0 Å². The number of nitrogens with one attached hydrogen (secondary N) is 2. The molecule has 2 N–H and O–H groups in total. The summed E-state index contributed by atoms with van der Waals surface area (Å²) in [5.74, 6) is 0.181. The molecule has 0 atom stereocenters. The van der Waals surface area contributed by atoms with Gasteiger partial charge in [-0.05, 0) is 55.3 Å². The van der Waals surface area contributed by atoms with Gasteiger partial charge in [0.1, 0.15) is 11.3 Å². The molecule has 3 aromatic rings. The predicted octanol–water partition coefficient (Wildman–Crippen LogP) is 3.95. The van der Waals surface area contributed by atoms with Crippen LogP contribution in [0.5, 0.6) is 5.75 Å². The Hall–Kier alpha value is -3.13. The largest absolute Gasteiger partial charge is 0.497 e. The molecule has 1 aromatic heterocycles. The molecular formula is C23H23BrN2O5. The van der Waals surface area contributed by atoms with Gasteiger partial charge in [-0.1, -0.05) is 15.9 Å². The number of hydrogen-bond acceptors (Lipinski definition) is 5. The van der Waals surface area contributed by atoms with E-state index in [1.807, 2.05) is 25.1 Å². The molecule has 0 saturated carbocycles. The number of ether oxygens (including phenoxy) is 1. The molecule has 0 radical (unpaired) electrons. The molecule has 0 unspecified atom stereocenters. The third kappa shape index (κ3) is 5.95. The van der Waals surface area contributed by atoms with Crippen molar-refractivity contribution in [1.82, 2.24) is 5.32 Å². The molecule has 0 aliphatic rings. The number of benzene rings is 2. The first-order valence-electron chi connectivity index (χ1n) is 9.80. The van der Waals surface area contributed by atoms with Gasteiger partial charge < -0.3 is 19.8 Å². The number of amides is 2. The molecule has 0 aliphatic heterocycles. The molecule has 0 fully saturated rings. The molecule has 3 rings (SSSR count). The first-order valence-corrected chi connectivity index (χ1v) is 10.6. The Kier molecular flexibility index (Phi) is 7.46. The first-order chi connectivity index (χ1) is 14.9. The van der Waals surface area contributed by atoms with Crippen LogP contribution in [0.1, 0.15) is 24.0 Å². The topological polar surface area (TPSA) is 97.6 Å². The zero-order valence-corrected chi connectivity index (χ0v) is 18.9. The second kappa shape index (κ2) is 10.3. The van der Waals surface area contributed by atoms with Gasteiger partial charge >= 0.3 is 5.63 Å². The maximum atomic E-state index is 12.4. The normalized spacial score (nSPS) is 10.7. The SMILES string of the molecule is COc1ccc2c(C)c(CCC(=O)NCCC(=O)Nc3ccc(Br)cc3)c(=O)oc2c1. The third-order valence-corrected chi connectivity index (χ3v) is 5.43. The van der Waals surface area contributed by atoms with E-state index in [-0.39, 0.29) is 37.6 Å². The standard InChI is InChI=1S/C23H23BrN2O5/c1-14-18-8-7-17(30-2)13-20(18)31-23(29)19(14)9-10-21(27)25-12-11-22(28)26-16-5-3-15(24)4-6-16/h3-8,13H,9-12H2,1-2H3,(H,25,27)(H,26,28). The summed E-state index contributed by atoms with van der Waals surface area (Å²) in [7, 11) is 1.55. The van der Waals surface area contributed by atoms with Gasteiger partial charge in [-0.3, -0.25) is 9.59 Å². The first kappa shape index (κ1) is 22.6. The van der Waals surface area contributed by atoms with E-state index in [0.29, 0.717) is 22.6 Å². The number of aryl methyl sites for hydroxylation is 1. The lowest BCUT2D eigenvalue weighted by Gasteiger charge is -2.09. The summed E-state index contributed by atoms with van der Waals surface area (Å²) < 4.78 is 11.5. The Morgan fingerprint density at radius 2 is 1.81 bits per heavy atom. The molecular weight excluding hydrogens is 464 g/mol. The smallest absolute Gasteiger partial charge is 0.339 e. The highest BCUT2D eigenvalue weighted by molar-refractivity contribution is 9.10.